The van der Waals surface area contributed by atoms with Crippen molar-refractivity contribution in [3.8, 4) is 0 Å². The number of rotatable bonds is 3. The third-order valence-corrected chi connectivity index (χ3v) is 3.49. The second kappa shape index (κ2) is 5.23. The van der Waals surface area contributed by atoms with Crippen molar-refractivity contribution in [3.05, 3.63) is 58.1 Å². The van der Waals surface area contributed by atoms with Gasteiger partial charge in [-0.1, -0.05) is 40.2 Å². The van der Waals surface area contributed by atoms with Crippen LogP contribution in [0.2, 0.25) is 0 Å². The maximum Gasteiger partial charge on any atom is 0.0411 e. The molecule has 0 atom stereocenters. The number of hydrogen-bond donors (Lipinski definition) is 2. The second-order valence-electron chi connectivity index (χ2n) is 4.02. The number of anilines is 2. The molecule has 3 heteroatoms. The van der Waals surface area contributed by atoms with Gasteiger partial charge in [0.25, 0.3) is 0 Å². The molecule has 0 saturated heterocycles. The van der Waals surface area contributed by atoms with E-state index in [4.69, 9.17) is 5.73 Å². The lowest BCUT2D eigenvalue weighted by molar-refractivity contribution is 1.14. The molecule has 0 aliphatic rings. The lowest BCUT2D eigenvalue weighted by atomic mass is 10.1. The minimum Gasteiger partial charge on any atom is -0.398 e. The first-order valence-corrected chi connectivity index (χ1v) is 6.29. The van der Waals surface area contributed by atoms with Gasteiger partial charge >= 0.3 is 0 Å². The number of aryl methyl sites for hydroxylation is 1. The SMILES string of the molecule is Cc1ccc(NCc2ccccc2Br)cc1N. The van der Waals surface area contributed by atoms with Gasteiger partial charge in [0.1, 0.15) is 0 Å². The smallest absolute Gasteiger partial charge is 0.0411 e. The van der Waals surface area contributed by atoms with Gasteiger partial charge in [-0.15, -0.1) is 0 Å². The molecule has 0 aromatic heterocycles. The van der Waals surface area contributed by atoms with Crippen LogP contribution >= 0.6 is 15.9 Å². The summed E-state index contributed by atoms with van der Waals surface area (Å²) in [6.07, 6.45) is 0. The van der Waals surface area contributed by atoms with Gasteiger partial charge in [0, 0.05) is 22.4 Å². The third-order valence-electron chi connectivity index (χ3n) is 2.72. The van der Waals surface area contributed by atoms with Crippen molar-refractivity contribution < 1.29 is 0 Å². The van der Waals surface area contributed by atoms with E-state index < -0.39 is 0 Å². The summed E-state index contributed by atoms with van der Waals surface area (Å²) in [4.78, 5) is 0. The van der Waals surface area contributed by atoms with Crippen LogP contribution in [0.4, 0.5) is 11.4 Å². The van der Waals surface area contributed by atoms with E-state index in [2.05, 4.69) is 27.3 Å². The molecule has 0 aliphatic heterocycles. The van der Waals surface area contributed by atoms with Gasteiger partial charge in [0.2, 0.25) is 0 Å². The molecule has 0 aliphatic carbocycles. The molecule has 0 fully saturated rings. The van der Waals surface area contributed by atoms with Gasteiger partial charge in [-0.3, -0.25) is 0 Å². The first kappa shape index (κ1) is 12.0. The maximum atomic E-state index is 5.87. The van der Waals surface area contributed by atoms with Gasteiger partial charge in [0.05, 0.1) is 0 Å². The van der Waals surface area contributed by atoms with Crippen molar-refractivity contribution in [2.75, 3.05) is 11.1 Å². The van der Waals surface area contributed by atoms with Crippen LogP contribution in [0.3, 0.4) is 0 Å². The second-order valence-corrected chi connectivity index (χ2v) is 4.87. The van der Waals surface area contributed by atoms with Crippen LogP contribution in [-0.4, -0.2) is 0 Å². The van der Waals surface area contributed by atoms with Crippen molar-refractivity contribution in [1.29, 1.82) is 0 Å². The zero-order valence-corrected chi connectivity index (χ0v) is 11.3. The van der Waals surface area contributed by atoms with Gasteiger partial charge in [-0.05, 0) is 36.2 Å². The molecular weight excluding hydrogens is 276 g/mol. The predicted octanol–water partition coefficient (Wildman–Crippen LogP) is 3.95. The lowest BCUT2D eigenvalue weighted by Crippen LogP contribution is -2.01. The standard InChI is InChI=1S/C14H15BrN2/c1-10-6-7-12(8-14(10)16)17-9-11-4-2-3-5-13(11)15/h2-8,17H,9,16H2,1H3. The predicted molar refractivity (Wildman–Crippen MR) is 77.1 cm³/mol. The Bertz CT molecular complexity index is 523. The largest absolute Gasteiger partial charge is 0.398 e. The molecule has 17 heavy (non-hydrogen) atoms. The van der Waals surface area contributed by atoms with Gasteiger partial charge in [-0.25, -0.2) is 0 Å². The molecule has 3 N–H and O–H groups in total. The molecule has 0 amide bonds. The third kappa shape index (κ3) is 3.01. The molecule has 0 saturated carbocycles. The first-order valence-electron chi connectivity index (χ1n) is 5.50. The Morgan fingerprint density at radius 3 is 2.65 bits per heavy atom. The zero-order chi connectivity index (χ0) is 12.3. The molecule has 0 heterocycles. The average molecular weight is 291 g/mol. The van der Waals surface area contributed by atoms with Crippen LogP contribution in [0.1, 0.15) is 11.1 Å². The molecule has 0 bridgehead atoms. The summed E-state index contributed by atoms with van der Waals surface area (Å²) in [6.45, 7) is 2.79. The van der Waals surface area contributed by atoms with Crippen molar-refractivity contribution in [2.24, 2.45) is 0 Å². The van der Waals surface area contributed by atoms with Crippen LogP contribution in [0.25, 0.3) is 0 Å². The van der Waals surface area contributed by atoms with Gasteiger partial charge in [0.15, 0.2) is 0 Å². The van der Waals surface area contributed by atoms with E-state index in [9.17, 15) is 0 Å². The van der Waals surface area contributed by atoms with Crippen molar-refractivity contribution in [3.63, 3.8) is 0 Å². The van der Waals surface area contributed by atoms with Crippen LogP contribution in [-0.2, 0) is 6.54 Å². The van der Waals surface area contributed by atoms with Crippen molar-refractivity contribution >= 4 is 27.3 Å². The maximum absolute atomic E-state index is 5.87. The average Bonchev–Trinajstić information content (AvgIpc) is 2.32. The molecule has 2 nitrogen and oxygen atoms in total. The zero-order valence-electron chi connectivity index (χ0n) is 9.70. The Hall–Kier alpha value is -1.48. The molecule has 0 radical (unpaired) electrons. The first-order chi connectivity index (χ1) is 8.16. The molecular formula is C14H15BrN2. The van der Waals surface area contributed by atoms with E-state index in [0.29, 0.717) is 0 Å². The Morgan fingerprint density at radius 1 is 1.18 bits per heavy atom. The number of nitrogen functional groups attached to an aromatic ring is 1. The fourth-order valence-corrected chi connectivity index (χ4v) is 2.01. The number of nitrogens with one attached hydrogen (secondary N) is 1. The minimum atomic E-state index is 0.782. The van der Waals surface area contributed by atoms with E-state index in [-0.39, 0.29) is 0 Å². The fraction of sp³-hybridized carbons (Fsp3) is 0.143. The highest BCUT2D eigenvalue weighted by Gasteiger charge is 1.99. The summed E-state index contributed by atoms with van der Waals surface area (Å²) in [7, 11) is 0. The molecule has 2 aromatic carbocycles. The van der Waals surface area contributed by atoms with E-state index in [1.165, 1.54) is 5.56 Å². The number of halogens is 1. The summed E-state index contributed by atoms with van der Waals surface area (Å²) in [5.74, 6) is 0. The van der Waals surface area contributed by atoms with Crippen LogP contribution in [0.15, 0.2) is 46.9 Å². The summed E-state index contributed by atoms with van der Waals surface area (Å²) in [5.41, 5.74) is 10.1. The topological polar surface area (TPSA) is 38.0 Å². The number of nitrogens with two attached hydrogens (primary N) is 1. The fourth-order valence-electron chi connectivity index (χ4n) is 1.59. The Morgan fingerprint density at radius 2 is 1.94 bits per heavy atom. The lowest BCUT2D eigenvalue weighted by Gasteiger charge is -2.09. The highest BCUT2D eigenvalue weighted by Crippen LogP contribution is 2.20. The Kier molecular flexibility index (Phi) is 3.69. The van der Waals surface area contributed by atoms with E-state index in [0.717, 1.165) is 28.0 Å². The summed E-state index contributed by atoms with van der Waals surface area (Å²) < 4.78 is 1.12. The van der Waals surface area contributed by atoms with Crippen LogP contribution < -0.4 is 11.1 Å². The quantitative estimate of drug-likeness (QED) is 0.840. The molecule has 2 aromatic rings. The van der Waals surface area contributed by atoms with Gasteiger partial charge in [-0.2, -0.15) is 0 Å². The molecule has 0 spiro atoms. The molecule has 88 valence electrons. The highest BCUT2D eigenvalue weighted by atomic mass is 79.9. The Balaban J connectivity index is 2.08. The summed E-state index contributed by atoms with van der Waals surface area (Å²) in [6, 6.07) is 14.2. The van der Waals surface area contributed by atoms with Crippen LogP contribution in [0.5, 0.6) is 0 Å². The Labute approximate surface area is 110 Å². The van der Waals surface area contributed by atoms with Gasteiger partial charge < -0.3 is 11.1 Å². The highest BCUT2D eigenvalue weighted by molar-refractivity contribution is 9.10. The van der Waals surface area contributed by atoms with Crippen molar-refractivity contribution in [2.45, 2.75) is 13.5 Å². The van der Waals surface area contributed by atoms with Crippen molar-refractivity contribution in [1.82, 2.24) is 0 Å². The number of hydrogen-bond acceptors (Lipinski definition) is 2. The monoisotopic (exact) mass is 290 g/mol. The van der Waals surface area contributed by atoms with Crippen LogP contribution in [0, 0.1) is 6.92 Å². The molecule has 0 unspecified atom stereocenters. The van der Waals surface area contributed by atoms with E-state index >= 15 is 0 Å². The summed E-state index contributed by atoms with van der Waals surface area (Å²) in [5, 5.41) is 3.36. The molecule has 2 rings (SSSR count). The number of benzene rings is 2. The van der Waals surface area contributed by atoms with E-state index in [1.54, 1.807) is 0 Å². The normalized spacial score (nSPS) is 10.2. The summed E-state index contributed by atoms with van der Waals surface area (Å²) >= 11 is 3.53. The minimum absolute atomic E-state index is 0.782. The van der Waals surface area contributed by atoms with E-state index in [1.807, 2.05) is 43.3 Å².